The van der Waals surface area contributed by atoms with Gasteiger partial charge < -0.3 is 0 Å². The maximum absolute atomic E-state index is 10.2. The maximum atomic E-state index is 10.2. The molecule has 0 aromatic heterocycles. The highest BCUT2D eigenvalue weighted by Gasteiger charge is 2.21. The summed E-state index contributed by atoms with van der Waals surface area (Å²) >= 11 is 0. The average Bonchev–Trinajstić information content (AvgIpc) is 2.04. The summed E-state index contributed by atoms with van der Waals surface area (Å²) in [5.41, 5.74) is -0.968. The van der Waals surface area contributed by atoms with E-state index in [-0.39, 0.29) is 12.4 Å². The predicted octanol–water partition coefficient (Wildman–Crippen LogP) is 1.92. The Labute approximate surface area is 78.9 Å². The van der Waals surface area contributed by atoms with Crippen molar-refractivity contribution >= 4 is 23.8 Å². The summed E-state index contributed by atoms with van der Waals surface area (Å²) in [6.45, 7) is 0. The molecular formula is C6H5ClN2O4. The van der Waals surface area contributed by atoms with E-state index in [1.807, 2.05) is 0 Å². The topological polar surface area (TPSA) is 86.3 Å². The first-order valence-electron chi connectivity index (χ1n) is 3.00. The van der Waals surface area contributed by atoms with Crippen molar-refractivity contribution in [2.75, 3.05) is 0 Å². The van der Waals surface area contributed by atoms with Gasteiger partial charge in [-0.25, -0.2) is 0 Å². The number of para-hydroxylation sites is 2. The fraction of sp³-hybridized carbons (Fsp3) is 0. The molecule has 13 heavy (non-hydrogen) atoms. The van der Waals surface area contributed by atoms with E-state index in [2.05, 4.69) is 0 Å². The van der Waals surface area contributed by atoms with E-state index >= 15 is 0 Å². The number of benzene rings is 1. The standard InChI is InChI=1S/C6H4N2O4.ClH/c9-7(10)5-3-1-2-4-6(5)8(11)12;/h1-4H;1H. The highest BCUT2D eigenvalue weighted by molar-refractivity contribution is 5.85. The van der Waals surface area contributed by atoms with Gasteiger partial charge in [0, 0.05) is 12.1 Å². The minimum atomic E-state index is -0.780. The molecule has 0 fully saturated rings. The van der Waals surface area contributed by atoms with Crippen LogP contribution in [0.2, 0.25) is 0 Å². The van der Waals surface area contributed by atoms with Gasteiger partial charge in [-0.2, -0.15) is 0 Å². The molecule has 0 saturated carbocycles. The zero-order valence-corrected chi connectivity index (χ0v) is 7.06. The molecule has 0 aliphatic heterocycles. The van der Waals surface area contributed by atoms with Crippen LogP contribution in [0.15, 0.2) is 24.3 Å². The summed E-state index contributed by atoms with van der Waals surface area (Å²) < 4.78 is 0. The predicted molar refractivity (Wildman–Crippen MR) is 47.0 cm³/mol. The van der Waals surface area contributed by atoms with E-state index in [1.165, 1.54) is 12.1 Å². The normalized spacial score (nSPS) is 8.62. The molecule has 0 N–H and O–H groups in total. The minimum Gasteiger partial charge on any atom is -0.258 e. The van der Waals surface area contributed by atoms with Gasteiger partial charge in [0.05, 0.1) is 9.85 Å². The fourth-order valence-electron chi connectivity index (χ4n) is 0.773. The highest BCUT2D eigenvalue weighted by atomic mass is 35.5. The van der Waals surface area contributed by atoms with E-state index in [9.17, 15) is 20.2 Å². The molecule has 0 unspecified atom stereocenters. The molecule has 0 amide bonds. The molecule has 6 nitrogen and oxygen atoms in total. The lowest BCUT2D eigenvalue weighted by atomic mass is 10.3. The van der Waals surface area contributed by atoms with Crippen LogP contribution in [0.5, 0.6) is 0 Å². The van der Waals surface area contributed by atoms with Gasteiger partial charge in [0.25, 0.3) is 0 Å². The van der Waals surface area contributed by atoms with Crippen LogP contribution in [-0.2, 0) is 0 Å². The molecule has 1 rings (SSSR count). The zero-order chi connectivity index (χ0) is 9.14. The molecule has 0 aliphatic carbocycles. The Balaban J connectivity index is 0.00000144. The molecule has 0 atom stereocenters. The lowest BCUT2D eigenvalue weighted by Crippen LogP contribution is -1.95. The number of hydrogen-bond donors (Lipinski definition) is 0. The number of nitro groups is 2. The average molecular weight is 205 g/mol. The summed E-state index contributed by atoms with van der Waals surface area (Å²) in [7, 11) is 0. The zero-order valence-electron chi connectivity index (χ0n) is 6.25. The van der Waals surface area contributed by atoms with Gasteiger partial charge in [-0.05, 0) is 0 Å². The van der Waals surface area contributed by atoms with Crippen LogP contribution in [0.25, 0.3) is 0 Å². The Morgan fingerprint density at radius 1 is 0.923 bits per heavy atom. The molecule has 0 radical (unpaired) electrons. The molecule has 7 heteroatoms. The number of halogens is 1. The Bertz CT molecular complexity index is 308. The Morgan fingerprint density at radius 2 is 1.23 bits per heavy atom. The van der Waals surface area contributed by atoms with Gasteiger partial charge in [-0.3, -0.25) is 20.2 Å². The number of hydrogen-bond acceptors (Lipinski definition) is 4. The van der Waals surface area contributed by atoms with Crippen molar-refractivity contribution in [1.82, 2.24) is 0 Å². The van der Waals surface area contributed by atoms with Gasteiger partial charge in [0.1, 0.15) is 0 Å². The molecule has 0 bridgehead atoms. The second-order valence-electron chi connectivity index (χ2n) is 2.00. The van der Waals surface area contributed by atoms with E-state index in [4.69, 9.17) is 0 Å². The van der Waals surface area contributed by atoms with Crippen LogP contribution in [0.1, 0.15) is 0 Å². The largest absolute Gasteiger partial charge is 0.346 e. The van der Waals surface area contributed by atoms with E-state index in [1.54, 1.807) is 0 Å². The SMILES string of the molecule is Cl.O=[N+]([O-])c1ccccc1[N+](=O)[O-]. The first-order chi connectivity index (χ1) is 5.63. The van der Waals surface area contributed by atoms with Crippen LogP contribution >= 0.6 is 12.4 Å². The summed E-state index contributed by atoms with van der Waals surface area (Å²) in [4.78, 5) is 18.9. The van der Waals surface area contributed by atoms with Crippen LogP contribution in [0, 0.1) is 20.2 Å². The molecule has 1 aromatic rings. The maximum Gasteiger partial charge on any atom is 0.346 e. The lowest BCUT2D eigenvalue weighted by molar-refractivity contribution is -0.422. The number of rotatable bonds is 2. The second-order valence-corrected chi connectivity index (χ2v) is 2.00. The first-order valence-corrected chi connectivity index (χ1v) is 3.00. The smallest absolute Gasteiger partial charge is 0.258 e. The number of nitro benzene ring substituents is 2. The van der Waals surface area contributed by atoms with Gasteiger partial charge in [0.15, 0.2) is 0 Å². The van der Waals surface area contributed by atoms with E-state index < -0.39 is 21.2 Å². The fourth-order valence-corrected chi connectivity index (χ4v) is 0.773. The molecule has 0 spiro atoms. The molecular weight excluding hydrogens is 200 g/mol. The van der Waals surface area contributed by atoms with Crippen LogP contribution < -0.4 is 0 Å². The van der Waals surface area contributed by atoms with Crippen molar-refractivity contribution in [3.05, 3.63) is 44.5 Å². The van der Waals surface area contributed by atoms with Crippen molar-refractivity contribution in [2.24, 2.45) is 0 Å². The summed E-state index contributed by atoms with van der Waals surface area (Å²) in [5.74, 6) is 0. The van der Waals surface area contributed by atoms with Crippen LogP contribution in [-0.4, -0.2) is 9.85 Å². The Morgan fingerprint density at radius 3 is 1.46 bits per heavy atom. The Kier molecular flexibility index (Phi) is 3.80. The third-order valence-electron chi connectivity index (χ3n) is 1.28. The van der Waals surface area contributed by atoms with Crippen molar-refractivity contribution in [3.8, 4) is 0 Å². The molecule has 70 valence electrons. The minimum absolute atomic E-state index is 0. The van der Waals surface area contributed by atoms with Gasteiger partial charge >= 0.3 is 11.4 Å². The van der Waals surface area contributed by atoms with E-state index in [0.717, 1.165) is 12.1 Å². The second kappa shape index (κ2) is 4.36. The highest BCUT2D eigenvalue weighted by Crippen LogP contribution is 2.24. The Hall–Kier alpha value is -1.69. The first kappa shape index (κ1) is 11.3. The lowest BCUT2D eigenvalue weighted by Gasteiger charge is -1.91. The van der Waals surface area contributed by atoms with Gasteiger partial charge in [0.2, 0.25) is 0 Å². The monoisotopic (exact) mass is 204 g/mol. The summed E-state index contributed by atoms with van der Waals surface area (Å²) in [6.07, 6.45) is 0. The van der Waals surface area contributed by atoms with E-state index in [0.29, 0.717) is 0 Å². The van der Waals surface area contributed by atoms with Crippen molar-refractivity contribution < 1.29 is 9.85 Å². The molecule has 0 heterocycles. The summed E-state index contributed by atoms with van der Waals surface area (Å²) in [6, 6.07) is 4.95. The number of nitrogens with zero attached hydrogens (tertiary/aromatic N) is 2. The van der Waals surface area contributed by atoms with Gasteiger partial charge in [-0.15, -0.1) is 12.4 Å². The quantitative estimate of drug-likeness (QED) is 0.544. The van der Waals surface area contributed by atoms with Gasteiger partial charge in [-0.1, -0.05) is 12.1 Å². The van der Waals surface area contributed by atoms with Crippen molar-refractivity contribution in [1.29, 1.82) is 0 Å². The van der Waals surface area contributed by atoms with Crippen LogP contribution in [0.4, 0.5) is 11.4 Å². The molecule has 0 saturated heterocycles. The molecule has 1 aromatic carbocycles. The van der Waals surface area contributed by atoms with Crippen LogP contribution in [0.3, 0.4) is 0 Å². The third-order valence-corrected chi connectivity index (χ3v) is 1.28. The van der Waals surface area contributed by atoms with Crippen molar-refractivity contribution in [3.63, 3.8) is 0 Å². The third kappa shape index (κ3) is 2.38. The van der Waals surface area contributed by atoms with Crippen molar-refractivity contribution in [2.45, 2.75) is 0 Å². The molecule has 0 aliphatic rings. The summed E-state index contributed by atoms with van der Waals surface area (Å²) in [5, 5.41) is 20.5.